The van der Waals surface area contributed by atoms with E-state index in [9.17, 15) is 4.79 Å². The van der Waals surface area contributed by atoms with Crippen molar-refractivity contribution >= 4 is 28.4 Å². The third kappa shape index (κ3) is 2.76. The van der Waals surface area contributed by atoms with Crippen LogP contribution < -0.4 is 5.56 Å². The van der Waals surface area contributed by atoms with Gasteiger partial charge >= 0.3 is 0 Å². The second-order valence-corrected chi connectivity index (χ2v) is 6.37. The fourth-order valence-electron chi connectivity index (χ4n) is 2.53. The van der Waals surface area contributed by atoms with Gasteiger partial charge in [0.05, 0.1) is 22.4 Å². The molecule has 3 heterocycles. The molecule has 0 fully saturated rings. The van der Waals surface area contributed by atoms with Gasteiger partial charge in [-0.2, -0.15) is 0 Å². The van der Waals surface area contributed by atoms with Crippen LogP contribution in [0.5, 0.6) is 0 Å². The third-order valence-corrected chi connectivity index (χ3v) is 4.78. The van der Waals surface area contributed by atoms with Gasteiger partial charge in [-0.25, -0.2) is 15.0 Å². The molecular formula is C18H14N4OS. The van der Waals surface area contributed by atoms with Crippen molar-refractivity contribution < 1.29 is 0 Å². The van der Waals surface area contributed by atoms with Crippen LogP contribution in [0, 0.1) is 6.92 Å². The zero-order valence-electron chi connectivity index (χ0n) is 13.0. The number of pyridine rings is 1. The normalized spacial score (nSPS) is 11.2. The Hall–Kier alpha value is -2.73. The molecule has 118 valence electrons. The van der Waals surface area contributed by atoms with Crippen molar-refractivity contribution in [2.75, 3.05) is 0 Å². The Kier molecular flexibility index (Phi) is 3.74. The van der Waals surface area contributed by atoms with Crippen LogP contribution in [0.4, 0.5) is 0 Å². The van der Waals surface area contributed by atoms with Gasteiger partial charge in [-0.15, -0.1) is 0 Å². The Balaban J connectivity index is 1.65. The fourth-order valence-corrected chi connectivity index (χ4v) is 3.38. The molecule has 6 heteroatoms. The van der Waals surface area contributed by atoms with Crippen LogP contribution in [0.25, 0.3) is 16.7 Å². The SMILES string of the molecule is Cc1nc2ccccc2nc1SCc1cc(=O)n2ccccc2n1. The number of aromatic nitrogens is 4. The number of benzene rings is 1. The molecular weight excluding hydrogens is 320 g/mol. The number of fused-ring (bicyclic) bond motifs is 2. The lowest BCUT2D eigenvalue weighted by Gasteiger charge is -2.07. The van der Waals surface area contributed by atoms with Gasteiger partial charge in [-0.3, -0.25) is 9.20 Å². The van der Waals surface area contributed by atoms with E-state index in [0.29, 0.717) is 11.4 Å². The molecule has 0 saturated heterocycles. The van der Waals surface area contributed by atoms with E-state index < -0.39 is 0 Å². The molecule has 0 saturated carbocycles. The lowest BCUT2D eigenvalue weighted by atomic mass is 10.3. The van der Waals surface area contributed by atoms with Gasteiger partial charge in [0.1, 0.15) is 10.7 Å². The van der Waals surface area contributed by atoms with Crippen molar-refractivity contribution in [1.82, 2.24) is 19.4 Å². The maximum Gasteiger partial charge on any atom is 0.258 e. The minimum atomic E-state index is -0.0717. The van der Waals surface area contributed by atoms with Crippen LogP contribution in [0.15, 0.2) is 64.5 Å². The van der Waals surface area contributed by atoms with Gasteiger partial charge in [-0.05, 0) is 31.2 Å². The second-order valence-electron chi connectivity index (χ2n) is 5.41. The van der Waals surface area contributed by atoms with Gasteiger partial charge in [-0.1, -0.05) is 30.0 Å². The smallest absolute Gasteiger partial charge is 0.258 e. The molecule has 0 aliphatic rings. The highest BCUT2D eigenvalue weighted by atomic mass is 32.2. The summed E-state index contributed by atoms with van der Waals surface area (Å²) in [7, 11) is 0. The van der Waals surface area contributed by atoms with E-state index in [1.165, 1.54) is 4.40 Å². The van der Waals surface area contributed by atoms with E-state index in [-0.39, 0.29) is 5.56 Å². The molecule has 4 aromatic rings. The summed E-state index contributed by atoms with van der Waals surface area (Å²) in [6.07, 6.45) is 1.72. The molecule has 0 aliphatic carbocycles. The first-order valence-electron chi connectivity index (χ1n) is 7.54. The second kappa shape index (κ2) is 6.05. The van der Waals surface area contributed by atoms with Crippen molar-refractivity contribution in [2.45, 2.75) is 17.7 Å². The monoisotopic (exact) mass is 334 g/mol. The van der Waals surface area contributed by atoms with Crippen LogP contribution in [-0.4, -0.2) is 19.4 Å². The first-order chi connectivity index (χ1) is 11.7. The summed E-state index contributed by atoms with van der Waals surface area (Å²) < 4.78 is 1.54. The molecule has 24 heavy (non-hydrogen) atoms. The quantitative estimate of drug-likeness (QED) is 0.538. The Morgan fingerprint density at radius 1 is 1.00 bits per heavy atom. The summed E-state index contributed by atoms with van der Waals surface area (Å²) in [5, 5.41) is 0.865. The molecule has 4 rings (SSSR count). The van der Waals surface area contributed by atoms with E-state index >= 15 is 0 Å². The van der Waals surface area contributed by atoms with Crippen LogP contribution in [0.3, 0.4) is 0 Å². The highest BCUT2D eigenvalue weighted by Crippen LogP contribution is 2.24. The van der Waals surface area contributed by atoms with Crippen molar-refractivity contribution in [1.29, 1.82) is 0 Å². The van der Waals surface area contributed by atoms with E-state index in [1.54, 1.807) is 24.0 Å². The molecule has 3 aromatic heterocycles. The van der Waals surface area contributed by atoms with Gasteiger partial charge in [0.25, 0.3) is 5.56 Å². The average Bonchev–Trinajstić information content (AvgIpc) is 2.60. The Bertz CT molecular complexity index is 1110. The number of para-hydroxylation sites is 2. The molecule has 0 radical (unpaired) electrons. The van der Waals surface area contributed by atoms with Crippen molar-refractivity contribution in [3.63, 3.8) is 0 Å². The summed E-state index contributed by atoms with van der Waals surface area (Å²) in [5.74, 6) is 0.578. The Morgan fingerprint density at radius 3 is 2.58 bits per heavy atom. The summed E-state index contributed by atoms with van der Waals surface area (Å²) >= 11 is 1.55. The number of hydrogen-bond donors (Lipinski definition) is 0. The highest BCUT2D eigenvalue weighted by molar-refractivity contribution is 7.98. The maximum atomic E-state index is 12.1. The van der Waals surface area contributed by atoms with Crippen molar-refractivity contribution in [3.8, 4) is 0 Å². The van der Waals surface area contributed by atoms with Crippen molar-refractivity contribution in [2.24, 2.45) is 0 Å². The predicted molar refractivity (Wildman–Crippen MR) is 95.3 cm³/mol. The molecule has 0 unspecified atom stereocenters. The van der Waals surface area contributed by atoms with Gasteiger partial charge in [0.15, 0.2) is 0 Å². The molecule has 0 atom stereocenters. The molecule has 0 aliphatic heterocycles. The minimum absolute atomic E-state index is 0.0717. The summed E-state index contributed by atoms with van der Waals surface area (Å²) in [4.78, 5) is 25.9. The largest absolute Gasteiger partial charge is 0.269 e. The van der Waals surface area contributed by atoms with E-state index in [1.807, 2.05) is 49.4 Å². The van der Waals surface area contributed by atoms with E-state index in [2.05, 4.69) is 15.0 Å². The lowest BCUT2D eigenvalue weighted by molar-refractivity contribution is 1.00. The van der Waals surface area contributed by atoms with Gasteiger partial charge in [0, 0.05) is 18.0 Å². The molecule has 0 N–H and O–H groups in total. The number of hydrogen-bond acceptors (Lipinski definition) is 5. The number of rotatable bonds is 3. The Morgan fingerprint density at radius 2 is 1.75 bits per heavy atom. The summed E-state index contributed by atoms with van der Waals surface area (Å²) in [6.45, 7) is 1.95. The highest BCUT2D eigenvalue weighted by Gasteiger charge is 2.08. The average molecular weight is 334 g/mol. The predicted octanol–water partition coefficient (Wildman–Crippen LogP) is 3.24. The van der Waals surface area contributed by atoms with Crippen LogP contribution >= 0.6 is 11.8 Å². The van der Waals surface area contributed by atoms with Crippen LogP contribution in [0.2, 0.25) is 0 Å². The zero-order chi connectivity index (χ0) is 16.5. The Labute approximate surface area is 142 Å². The molecule has 0 amide bonds. The maximum absolute atomic E-state index is 12.1. The van der Waals surface area contributed by atoms with Gasteiger partial charge < -0.3 is 0 Å². The van der Waals surface area contributed by atoms with Gasteiger partial charge in [0.2, 0.25) is 0 Å². The summed E-state index contributed by atoms with van der Waals surface area (Å²) in [6, 6.07) is 14.9. The first kappa shape index (κ1) is 14.8. The van der Waals surface area contributed by atoms with Crippen LogP contribution in [0.1, 0.15) is 11.4 Å². The zero-order valence-corrected chi connectivity index (χ0v) is 13.8. The fraction of sp³-hybridized carbons (Fsp3) is 0.111. The molecule has 0 bridgehead atoms. The van der Waals surface area contributed by atoms with E-state index in [0.717, 1.165) is 27.4 Å². The molecule has 1 aromatic carbocycles. The van der Waals surface area contributed by atoms with Crippen LogP contribution in [-0.2, 0) is 5.75 Å². The van der Waals surface area contributed by atoms with Crippen molar-refractivity contribution in [3.05, 3.63) is 76.5 Å². The number of aryl methyl sites for hydroxylation is 1. The number of nitrogens with zero attached hydrogens (tertiary/aromatic N) is 4. The molecule has 5 nitrogen and oxygen atoms in total. The first-order valence-corrected chi connectivity index (χ1v) is 8.53. The lowest BCUT2D eigenvalue weighted by Crippen LogP contribution is -2.14. The third-order valence-electron chi connectivity index (χ3n) is 3.68. The minimum Gasteiger partial charge on any atom is -0.269 e. The standard InChI is InChI=1S/C18H14N4OS/c1-12-18(21-15-7-3-2-6-14(15)19-12)24-11-13-10-17(23)22-9-5-4-8-16(22)20-13/h2-10H,11H2,1H3. The topological polar surface area (TPSA) is 60.2 Å². The molecule has 0 spiro atoms. The number of thioether (sulfide) groups is 1. The summed E-state index contributed by atoms with van der Waals surface area (Å²) in [5.41, 5.74) is 3.97. The van der Waals surface area contributed by atoms with E-state index in [4.69, 9.17) is 0 Å².